The number of amides is 3. The maximum absolute atomic E-state index is 13.1. The van der Waals surface area contributed by atoms with Gasteiger partial charge in [-0.05, 0) is 35.8 Å². The lowest BCUT2D eigenvalue weighted by Gasteiger charge is -2.44. The summed E-state index contributed by atoms with van der Waals surface area (Å²) in [7, 11) is 0. The van der Waals surface area contributed by atoms with Gasteiger partial charge in [0.05, 0.1) is 12.6 Å². The average Bonchev–Trinajstić information content (AvgIpc) is 3.19. The van der Waals surface area contributed by atoms with Crippen LogP contribution in [0.1, 0.15) is 25.8 Å². The Hall–Kier alpha value is -1.44. The molecule has 3 unspecified atom stereocenters. The van der Waals surface area contributed by atoms with Crippen LogP contribution >= 0.6 is 23.4 Å². The number of nitrogens with zero attached hydrogens (tertiary/aromatic N) is 3. The molecule has 26 heavy (non-hydrogen) atoms. The normalized spacial score (nSPS) is 28.2. The lowest BCUT2D eigenvalue weighted by Crippen LogP contribution is -2.66. The van der Waals surface area contributed by atoms with E-state index < -0.39 is 0 Å². The number of benzene rings is 1. The van der Waals surface area contributed by atoms with E-state index >= 15 is 0 Å². The third kappa shape index (κ3) is 3.06. The number of fused-ring (bicyclic) bond motifs is 3. The Morgan fingerprint density at radius 2 is 2.00 bits per heavy atom. The molecular formula is C18H23ClN4O2S. The largest absolute Gasteiger partial charge is 0.337 e. The van der Waals surface area contributed by atoms with Gasteiger partial charge in [-0.25, -0.2) is 4.79 Å². The monoisotopic (exact) mass is 394 g/mol. The van der Waals surface area contributed by atoms with Crippen LogP contribution in [0.4, 0.5) is 4.79 Å². The minimum Gasteiger partial charge on any atom is -0.307 e. The van der Waals surface area contributed by atoms with E-state index in [1.807, 2.05) is 34.1 Å². The molecule has 4 rings (SSSR count). The van der Waals surface area contributed by atoms with Crippen molar-refractivity contribution in [3.8, 4) is 0 Å². The number of halogens is 1. The smallest absolute Gasteiger partial charge is 0.307 e. The van der Waals surface area contributed by atoms with Gasteiger partial charge in [-0.15, -0.1) is 11.8 Å². The molecule has 3 atom stereocenters. The van der Waals surface area contributed by atoms with Gasteiger partial charge in [0, 0.05) is 11.6 Å². The molecule has 3 amide bonds. The van der Waals surface area contributed by atoms with Crippen LogP contribution in [0.25, 0.3) is 0 Å². The molecule has 1 aromatic rings. The Kier molecular flexibility index (Phi) is 4.79. The fourth-order valence-corrected chi connectivity index (χ4v) is 5.42. The number of hydrazine groups is 1. The quantitative estimate of drug-likeness (QED) is 0.853. The van der Waals surface area contributed by atoms with Crippen molar-refractivity contribution in [1.29, 1.82) is 0 Å². The molecule has 3 fully saturated rings. The number of hydrogen-bond acceptors (Lipinski definition) is 4. The SMILES string of the molecule is CC(C)CN1C(=O)C2SCCC2N2C(=O)N(Cc3ccc(Cl)cc3)NC12. The zero-order chi connectivity index (χ0) is 18.4. The van der Waals surface area contributed by atoms with Crippen LogP contribution in [-0.2, 0) is 11.3 Å². The van der Waals surface area contributed by atoms with E-state index in [4.69, 9.17) is 11.6 Å². The predicted molar refractivity (Wildman–Crippen MR) is 102 cm³/mol. The van der Waals surface area contributed by atoms with Crippen LogP contribution < -0.4 is 5.43 Å². The van der Waals surface area contributed by atoms with Crippen LogP contribution in [0.3, 0.4) is 0 Å². The first-order valence-corrected chi connectivity index (χ1v) is 10.4. The first-order valence-electron chi connectivity index (χ1n) is 8.98. The summed E-state index contributed by atoms with van der Waals surface area (Å²) in [6.07, 6.45) is 0.486. The number of hydrogen-bond donors (Lipinski definition) is 1. The van der Waals surface area contributed by atoms with Crippen LogP contribution in [-0.4, -0.2) is 56.6 Å². The summed E-state index contributed by atoms with van der Waals surface area (Å²) in [6, 6.07) is 7.41. The zero-order valence-corrected chi connectivity index (χ0v) is 16.5. The molecule has 0 aliphatic carbocycles. The van der Waals surface area contributed by atoms with Crippen molar-refractivity contribution < 1.29 is 9.59 Å². The van der Waals surface area contributed by atoms with Gasteiger partial charge in [-0.1, -0.05) is 37.6 Å². The highest BCUT2D eigenvalue weighted by Gasteiger charge is 2.55. The van der Waals surface area contributed by atoms with Crippen molar-refractivity contribution >= 4 is 35.3 Å². The number of nitrogens with one attached hydrogen (secondary N) is 1. The Morgan fingerprint density at radius 1 is 1.27 bits per heavy atom. The summed E-state index contributed by atoms with van der Waals surface area (Å²) in [5, 5.41) is 2.16. The fraction of sp³-hybridized carbons (Fsp3) is 0.556. The summed E-state index contributed by atoms with van der Waals surface area (Å²) in [6.45, 7) is 5.26. The van der Waals surface area contributed by atoms with Crippen LogP contribution in [0, 0.1) is 5.92 Å². The van der Waals surface area contributed by atoms with Crippen molar-refractivity contribution in [1.82, 2.24) is 20.2 Å². The first kappa shape index (κ1) is 17.9. The van der Waals surface area contributed by atoms with Gasteiger partial charge in [0.15, 0.2) is 6.29 Å². The molecule has 3 saturated heterocycles. The number of urea groups is 1. The third-order valence-corrected chi connectivity index (χ3v) is 6.64. The molecule has 1 aromatic carbocycles. The standard InChI is InChI=1S/C18H23ClN4O2S/c1-11(2)9-21-16(24)15-14(7-8-26-15)23-17(21)20-22(18(23)25)10-12-3-5-13(19)6-4-12/h3-6,11,14-15,17,20H,7-10H2,1-2H3. The van der Waals surface area contributed by atoms with Crippen molar-refractivity contribution in [3.63, 3.8) is 0 Å². The van der Waals surface area contributed by atoms with Gasteiger partial charge in [-0.2, -0.15) is 5.43 Å². The summed E-state index contributed by atoms with van der Waals surface area (Å²) in [5.41, 5.74) is 4.27. The van der Waals surface area contributed by atoms with E-state index in [1.165, 1.54) is 0 Å². The summed E-state index contributed by atoms with van der Waals surface area (Å²) in [4.78, 5) is 29.8. The van der Waals surface area contributed by atoms with E-state index in [9.17, 15) is 9.59 Å². The second-order valence-corrected chi connectivity index (χ2v) is 9.12. The van der Waals surface area contributed by atoms with E-state index in [0.29, 0.717) is 24.0 Å². The van der Waals surface area contributed by atoms with Gasteiger partial charge in [0.25, 0.3) is 0 Å². The zero-order valence-electron chi connectivity index (χ0n) is 14.9. The molecule has 3 aliphatic rings. The van der Waals surface area contributed by atoms with Crippen molar-refractivity contribution in [2.75, 3.05) is 12.3 Å². The van der Waals surface area contributed by atoms with Crippen molar-refractivity contribution in [2.24, 2.45) is 5.92 Å². The highest BCUT2D eigenvalue weighted by Crippen LogP contribution is 2.39. The van der Waals surface area contributed by atoms with Gasteiger partial charge >= 0.3 is 6.03 Å². The number of carbonyl (C=O) groups is 2. The molecule has 3 heterocycles. The Bertz CT molecular complexity index is 714. The molecule has 0 spiro atoms. The molecule has 0 radical (unpaired) electrons. The average molecular weight is 395 g/mol. The minimum absolute atomic E-state index is 0.0175. The topological polar surface area (TPSA) is 55.9 Å². The van der Waals surface area contributed by atoms with E-state index in [1.54, 1.807) is 16.8 Å². The molecule has 140 valence electrons. The molecule has 6 nitrogen and oxygen atoms in total. The van der Waals surface area contributed by atoms with Crippen LogP contribution in [0.5, 0.6) is 0 Å². The molecule has 1 N–H and O–H groups in total. The maximum atomic E-state index is 13.1. The minimum atomic E-state index is -0.385. The van der Waals surface area contributed by atoms with Crippen molar-refractivity contribution in [3.05, 3.63) is 34.9 Å². The number of thioether (sulfide) groups is 1. The molecular weight excluding hydrogens is 372 g/mol. The second-order valence-electron chi connectivity index (χ2n) is 7.44. The fourth-order valence-electron chi connectivity index (χ4n) is 3.90. The lowest BCUT2D eigenvalue weighted by atomic mass is 10.0. The Morgan fingerprint density at radius 3 is 2.69 bits per heavy atom. The van der Waals surface area contributed by atoms with Gasteiger partial charge in [-0.3, -0.25) is 14.7 Å². The van der Waals surface area contributed by atoms with Gasteiger partial charge in [0.1, 0.15) is 5.25 Å². The molecule has 3 aliphatic heterocycles. The lowest BCUT2D eigenvalue weighted by molar-refractivity contribution is -0.145. The summed E-state index contributed by atoms with van der Waals surface area (Å²) in [5.74, 6) is 1.41. The Balaban J connectivity index is 1.59. The number of carbonyl (C=O) groups excluding carboxylic acids is 2. The molecule has 0 aromatic heterocycles. The number of rotatable bonds is 4. The predicted octanol–water partition coefficient (Wildman–Crippen LogP) is 2.74. The van der Waals surface area contributed by atoms with E-state index in [0.717, 1.165) is 17.7 Å². The Labute approximate surface area is 162 Å². The van der Waals surface area contributed by atoms with Crippen LogP contribution in [0.2, 0.25) is 5.02 Å². The van der Waals surface area contributed by atoms with Gasteiger partial charge < -0.3 is 4.90 Å². The van der Waals surface area contributed by atoms with Crippen LogP contribution in [0.15, 0.2) is 24.3 Å². The third-order valence-electron chi connectivity index (χ3n) is 5.04. The molecule has 0 saturated carbocycles. The summed E-state index contributed by atoms with van der Waals surface area (Å²) < 4.78 is 0. The highest BCUT2D eigenvalue weighted by atomic mass is 35.5. The molecule has 8 heteroatoms. The van der Waals surface area contributed by atoms with E-state index in [2.05, 4.69) is 19.3 Å². The van der Waals surface area contributed by atoms with Gasteiger partial charge in [0.2, 0.25) is 5.91 Å². The summed E-state index contributed by atoms with van der Waals surface area (Å²) >= 11 is 7.63. The second kappa shape index (κ2) is 6.94. The van der Waals surface area contributed by atoms with Crippen molar-refractivity contribution in [2.45, 2.75) is 44.4 Å². The van der Waals surface area contributed by atoms with E-state index in [-0.39, 0.29) is 29.5 Å². The molecule has 0 bridgehead atoms. The highest BCUT2D eigenvalue weighted by molar-refractivity contribution is 8.00. The maximum Gasteiger partial charge on any atom is 0.337 e. The first-order chi connectivity index (χ1) is 12.5.